The Morgan fingerprint density at radius 2 is 1.75 bits per heavy atom. The van der Waals surface area contributed by atoms with Gasteiger partial charge in [0.15, 0.2) is 0 Å². The Morgan fingerprint density at radius 1 is 1.08 bits per heavy atom. The summed E-state index contributed by atoms with van der Waals surface area (Å²) in [5.74, 6) is -0.965. The van der Waals surface area contributed by atoms with E-state index in [0.717, 1.165) is 5.56 Å². The first-order valence-electron chi connectivity index (χ1n) is 7.53. The first kappa shape index (κ1) is 18.0. The van der Waals surface area contributed by atoms with Gasteiger partial charge in [-0.15, -0.1) is 0 Å². The average molecular weight is 347 g/mol. The van der Waals surface area contributed by atoms with Gasteiger partial charge in [0.1, 0.15) is 0 Å². The van der Waals surface area contributed by atoms with Gasteiger partial charge in [0.25, 0.3) is 10.0 Å². The van der Waals surface area contributed by atoms with Crippen molar-refractivity contribution < 1.29 is 18.3 Å². The lowest BCUT2D eigenvalue weighted by Gasteiger charge is -2.23. The Kier molecular flexibility index (Phi) is 4.99. The number of aliphatic carboxylic acids is 1. The van der Waals surface area contributed by atoms with E-state index >= 15 is 0 Å². The molecule has 0 saturated carbocycles. The zero-order chi connectivity index (χ0) is 18.0. The maximum Gasteiger partial charge on any atom is 0.307 e. The van der Waals surface area contributed by atoms with Crippen LogP contribution in [0.2, 0.25) is 0 Å². The molecule has 0 amide bonds. The summed E-state index contributed by atoms with van der Waals surface area (Å²) in [6, 6.07) is 13.3. The molecule has 0 bridgehead atoms. The monoisotopic (exact) mass is 347 g/mol. The number of benzene rings is 2. The molecule has 2 rings (SSSR count). The second kappa shape index (κ2) is 6.65. The lowest BCUT2D eigenvalue weighted by molar-refractivity contribution is -0.136. The third-order valence-corrected chi connectivity index (χ3v) is 4.96. The molecule has 0 spiro atoms. The Labute approximate surface area is 142 Å². The largest absolute Gasteiger partial charge is 0.481 e. The molecule has 6 heteroatoms. The van der Waals surface area contributed by atoms with E-state index in [9.17, 15) is 13.2 Å². The zero-order valence-corrected chi connectivity index (χ0v) is 14.7. The third-order valence-electron chi connectivity index (χ3n) is 3.52. The number of hydrogen-bond donors (Lipinski definition) is 2. The van der Waals surface area contributed by atoms with Crippen LogP contribution >= 0.6 is 0 Å². The van der Waals surface area contributed by atoms with Crippen LogP contribution in [-0.4, -0.2) is 19.5 Å². The number of carboxylic acids is 1. The van der Waals surface area contributed by atoms with Gasteiger partial charge in [-0.2, -0.15) is 0 Å². The van der Waals surface area contributed by atoms with E-state index in [2.05, 4.69) is 4.72 Å². The van der Waals surface area contributed by atoms with Crippen molar-refractivity contribution in [2.75, 3.05) is 4.72 Å². The Balaban J connectivity index is 2.38. The minimum atomic E-state index is -3.77. The summed E-state index contributed by atoms with van der Waals surface area (Å²) in [5.41, 5.74) is 1.28. The maximum atomic E-state index is 12.8. The van der Waals surface area contributed by atoms with Gasteiger partial charge in [-0.05, 0) is 34.7 Å². The summed E-state index contributed by atoms with van der Waals surface area (Å²) in [6.45, 7) is 5.86. The fourth-order valence-corrected chi connectivity index (χ4v) is 3.92. The summed E-state index contributed by atoms with van der Waals surface area (Å²) in [4.78, 5) is 11.0. The SMILES string of the molecule is CC(C)(C)c1ccccc1S(=O)(=O)Nc1cccc(CC(=O)O)c1. The quantitative estimate of drug-likeness (QED) is 0.868. The average Bonchev–Trinajstić information content (AvgIpc) is 2.45. The molecule has 0 aliphatic rings. The Morgan fingerprint density at radius 3 is 2.38 bits per heavy atom. The second-order valence-electron chi connectivity index (χ2n) is 6.62. The molecule has 0 saturated heterocycles. The molecule has 0 unspecified atom stereocenters. The van der Waals surface area contributed by atoms with Gasteiger partial charge in [-0.1, -0.05) is 51.1 Å². The van der Waals surface area contributed by atoms with Gasteiger partial charge < -0.3 is 5.11 Å². The number of hydrogen-bond acceptors (Lipinski definition) is 3. The summed E-state index contributed by atoms with van der Waals surface area (Å²) >= 11 is 0. The maximum absolute atomic E-state index is 12.8. The lowest BCUT2D eigenvalue weighted by Crippen LogP contribution is -2.21. The molecule has 0 radical (unpaired) electrons. The van der Waals surface area contributed by atoms with Crippen molar-refractivity contribution in [3.8, 4) is 0 Å². The second-order valence-corrected chi connectivity index (χ2v) is 8.27. The van der Waals surface area contributed by atoms with E-state index in [1.165, 1.54) is 6.07 Å². The highest BCUT2D eigenvalue weighted by Gasteiger charge is 2.25. The first-order chi connectivity index (χ1) is 11.1. The van der Waals surface area contributed by atoms with E-state index in [4.69, 9.17) is 5.11 Å². The van der Waals surface area contributed by atoms with Gasteiger partial charge in [0.05, 0.1) is 11.3 Å². The van der Waals surface area contributed by atoms with Crippen LogP contribution in [0, 0.1) is 0 Å². The predicted octanol–water partition coefficient (Wildman–Crippen LogP) is 3.41. The highest BCUT2D eigenvalue weighted by Crippen LogP contribution is 2.30. The molecule has 2 aromatic carbocycles. The molecule has 24 heavy (non-hydrogen) atoms. The van der Waals surface area contributed by atoms with Crippen LogP contribution in [0.3, 0.4) is 0 Å². The first-order valence-corrected chi connectivity index (χ1v) is 9.01. The molecule has 0 aliphatic carbocycles. The van der Waals surface area contributed by atoms with Crippen LogP contribution in [0.4, 0.5) is 5.69 Å². The molecular weight excluding hydrogens is 326 g/mol. The molecule has 2 N–H and O–H groups in total. The van der Waals surface area contributed by atoms with Gasteiger partial charge in [-0.3, -0.25) is 9.52 Å². The van der Waals surface area contributed by atoms with Crippen molar-refractivity contribution in [1.82, 2.24) is 0 Å². The number of rotatable bonds is 5. The van der Waals surface area contributed by atoms with E-state index < -0.39 is 16.0 Å². The highest BCUT2D eigenvalue weighted by molar-refractivity contribution is 7.92. The number of carbonyl (C=O) groups is 1. The molecule has 0 aliphatic heterocycles. The highest BCUT2D eigenvalue weighted by atomic mass is 32.2. The normalized spacial score (nSPS) is 12.0. The minimum absolute atomic E-state index is 0.159. The fourth-order valence-electron chi connectivity index (χ4n) is 2.45. The van der Waals surface area contributed by atoms with Crippen LogP contribution in [0.15, 0.2) is 53.4 Å². The molecule has 2 aromatic rings. The van der Waals surface area contributed by atoms with Crippen molar-refractivity contribution in [1.29, 1.82) is 0 Å². The van der Waals surface area contributed by atoms with E-state index in [1.54, 1.807) is 36.4 Å². The van der Waals surface area contributed by atoms with Gasteiger partial charge >= 0.3 is 5.97 Å². The molecule has 0 heterocycles. The molecule has 0 atom stereocenters. The standard InChI is InChI=1S/C18H21NO4S/c1-18(2,3)15-9-4-5-10-16(15)24(22,23)19-14-8-6-7-13(11-14)12-17(20)21/h4-11,19H,12H2,1-3H3,(H,20,21). The molecular formula is C18H21NO4S. The van der Waals surface area contributed by atoms with Crippen molar-refractivity contribution in [3.63, 3.8) is 0 Å². The zero-order valence-electron chi connectivity index (χ0n) is 13.9. The van der Waals surface area contributed by atoms with E-state index in [1.807, 2.05) is 26.8 Å². The van der Waals surface area contributed by atoms with Crippen LogP contribution in [0.5, 0.6) is 0 Å². The number of anilines is 1. The Bertz CT molecular complexity index is 851. The van der Waals surface area contributed by atoms with Crippen molar-refractivity contribution in [3.05, 3.63) is 59.7 Å². The lowest BCUT2D eigenvalue weighted by atomic mass is 9.87. The van der Waals surface area contributed by atoms with Crippen LogP contribution in [-0.2, 0) is 26.7 Å². The summed E-state index contributed by atoms with van der Waals surface area (Å²) in [5, 5.41) is 8.86. The smallest absolute Gasteiger partial charge is 0.307 e. The fraction of sp³-hybridized carbons (Fsp3) is 0.278. The number of nitrogens with one attached hydrogen (secondary N) is 1. The predicted molar refractivity (Wildman–Crippen MR) is 93.7 cm³/mol. The van der Waals surface area contributed by atoms with Gasteiger partial charge in [0.2, 0.25) is 0 Å². The minimum Gasteiger partial charge on any atom is -0.481 e. The van der Waals surface area contributed by atoms with Gasteiger partial charge in [0, 0.05) is 5.69 Å². The summed E-state index contributed by atoms with van der Waals surface area (Å²) in [6.07, 6.45) is -0.159. The molecule has 5 nitrogen and oxygen atoms in total. The molecule has 128 valence electrons. The summed E-state index contributed by atoms with van der Waals surface area (Å²) in [7, 11) is -3.77. The topological polar surface area (TPSA) is 83.5 Å². The Hall–Kier alpha value is -2.34. The number of carboxylic acid groups (broad SMARTS) is 1. The van der Waals surface area contributed by atoms with Gasteiger partial charge in [-0.25, -0.2) is 8.42 Å². The van der Waals surface area contributed by atoms with Crippen LogP contribution in [0.25, 0.3) is 0 Å². The molecule has 0 fully saturated rings. The van der Waals surface area contributed by atoms with Crippen molar-refractivity contribution >= 4 is 21.7 Å². The van der Waals surface area contributed by atoms with E-state index in [0.29, 0.717) is 11.3 Å². The summed E-state index contributed by atoms with van der Waals surface area (Å²) < 4.78 is 28.1. The van der Waals surface area contributed by atoms with Crippen LogP contribution < -0.4 is 4.72 Å². The van der Waals surface area contributed by atoms with Crippen molar-refractivity contribution in [2.24, 2.45) is 0 Å². The number of sulfonamides is 1. The molecule has 0 aromatic heterocycles. The van der Waals surface area contributed by atoms with Crippen molar-refractivity contribution in [2.45, 2.75) is 37.5 Å². The third kappa shape index (κ3) is 4.35. The van der Waals surface area contributed by atoms with E-state index in [-0.39, 0.29) is 16.7 Å². The van der Waals surface area contributed by atoms with Crippen LogP contribution in [0.1, 0.15) is 31.9 Å².